The van der Waals surface area contributed by atoms with E-state index in [1.807, 2.05) is 0 Å². The van der Waals surface area contributed by atoms with Gasteiger partial charge in [0.05, 0.1) is 30.2 Å². The Morgan fingerprint density at radius 2 is 2.00 bits per heavy atom. The molecule has 0 unspecified atom stereocenters. The van der Waals surface area contributed by atoms with Crippen LogP contribution in [0.2, 0.25) is 0 Å². The van der Waals surface area contributed by atoms with Gasteiger partial charge in [0, 0.05) is 6.20 Å². The predicted molar refractivity (Wildman–Crippen MR) is 75.5 cm³/mol. The van der Waals surface area contributed by atoms with Crippen LogP contribution in [0, 0.1) is 0 Å². The molecule has 0 fully saturated rings. The van der Waals surface area contributed by atoms with E-state index < -0.39 is 31.3 Å². The molecule has 2 aromatic rings. The smallest absolute Gasteiger partial charge is 0.264 e. The first-order valence-corrected chi connectivity index (χ1v) is 6.66. The minimum atomic E-state index is -1.48. The Labute approximate surface area is 118 Å². The van der Waals surface area contributed by atoms with Gasteiger partial charge in [-0.05, 0) is 12.1 Å². The van der Waals surface area contributed by atoms with E-state index in [1.54, 1.807) is 18.3 Å². The molecule has 0 aliphatic heterocycles. The van der Waals surface area contributed by atoms with Crippen LogP contribution in [0.3, 0.4) is 0 Å². The molecule has 7 nitrogen and oxygen atoms in total. The first-order valence-electron chi connectivity index (χ1n) is 5.85. The van der Waals surface area contributed by atoms with E-state index >= 15 is 0 Å². The Kier molecular flexibility index (Phi) is 4.19. The largest absolute Gasteiger partial charge is 0.396 e. The van der Waals surface area contributed by atoms with Crippen LogP contribution in [0.4, 0.5) is 5.69 Å². The van der Waals surface area contributed by atoms with Crippen molar-refractivity contribution >= 4 is 33.1 Å². The molecule has 0 aromatic carbocycles. The highest BCUT2D eigenvalue weighted by molar-refractivity contribution is 7.21. The highest BCUT2D eigenvalue weighted by Gasteiger charge is 2.31. The summed E-state index contributed by atoms with van der Waals surface area (Å²) in [4.78, 5) is 16.5. The summed E-state index contributed by atoms with van der Waals surface area (Å²) in [6, 6.07) is 3.52. The third-order valence-corrected chi connectivity index (χ3v) is 4.13. The number of carbonyl (C=O) groups is 1. The number of thiophene rings is 1. The van der Waals surface area contributed by atoms with Gasteiger partial charge in [-0.3, -0.25) is 9.78 Å². The SMILES string of the molecule is Nc1c(C(=O)NC(CO)(CO)CO)sc2cccnc12. The van der Waals surface area contributed by atoms with Crippen molar-refractivity contribution < 1.29 is 20.1 Å². The summed E-state index contributed by atoms with van der Waals surface area (Å²) in [5.74, 6) is -0.567. The monoisotopic (exact) mass is 297 g/mol. The van der Waals surface area contributed by atoms with Crippen LogP contribution in [-0.4, -0.2) is 51.6 Å². The fourth-order valence-corrected chi connectivity index (χ4v) is 2.66. The standard InChI is InChI=1S/C12H15N3O4S/c13-8-9-7(2-1-3-14-9)20-10(8)11(19)15-12(4-16,5-17)6-18/h1-3,16-18H,4-6,13H2,(H,15,19). The first-order chi connectivity index (χ1) is 9.56. The molecule has 0 radical (unpaired) electrons. The molecule has 8 heteroatoms. The number of carbonyl (C=O) groups excluding carboxylic acids is 1. The Morgan fingerprint density at radius 3 is 2.55 bits per heavy atom. The van der Waals surface area contributed by atoms with Crippen LogP contribution in [0.15, 0.2) is 18.3 Å². The molecule has 2 aromatic heterocycles. The number of hydrogen-bond donors (Lipinski definition) is 5. The number of nitrogens with zero attached hydrogens (tertiary/aromatic N) is 1. The van der Waals surface area contributed by atoms with Crippen molar-refractivity contribution in [2.75, 3.05) is 25.6 Å². The normalized spacial score (nSPS) is 11.8. The number of pyridine rings is 1. The summed E-state index contributed by atoms with van der Waals surface area (Å²) in [5.41, 5.74) is 5.18. The molecule has 2 heterocycles. The molecule has 108 valence electrons. The number of aliphatic hydroxyl groups excluding tert-OH is 3. The Hall–Kier alpha value is -1.74. The molecule has 1 amide bonds. The maximum atomic E-state index is 12.2. The number of nitrogens with two attached hydrogens (primary N) is 1. The van der Waals surface area contributed by atoms with Gasteiger partial charge in [-0.2, -0.15) is 0 Å². The maximum Gasteiger partial charge on any atom is 0.264 e. The van der Waals surface area contributed by atoms with Crippen molar-refractivity contribution in [2.45, 2.75) is 5.54 Å². The second-order valence-corrected chi connectivity index (χ2v) is 5.46. The molecule has 0 saturated heterocycles. The van der Waals surface area contributed by atoms with Gasteiger partial charge in [0.1, 0.15) is 15.9 Å². The first kappa shape index (κ1) is 14.7. The number of nitrogens with one attached hydrogen (secondary N) is 1. The fourth-order valence-electron chi connectivity index (χ4n) is 1.68. The number of hydrogen-bond acceptors (Lipinski definition) is 7. The topological polar surface area (TPSA) is 129 Å². The van der Waals surface area contributed by atoms with E-state index in [0.717, 1.165) is 16.0 Å². The number of anilines is 1. The minimum Gasteiger partial charge on any atom is -0.396 e. The van der Waals surface area contributed by atoms with Crippen LogP contribution in [-0.2, 0) is 0 Å². The van der Waals surface area contributed by atoms with Crippen molar-refractivity contribution in [3.05, 3.63) is 23.2 Å². The molecule has 2 rings (SSSR count). The molecule has 20 heavy (non-hydrogen) atoms. The summed E-state index contributed by atoms with van der Waals surface area (Å²) < 4.78 is 0.762. The zero-order valence-corrected chi connectivity index (χ0v) is 11.4. The van der Waals surface area contributed by atoms with Crippen molar-refractivity contribution in [1.82, 2.24) is 10.3 Å². The van der Waals surface area contributed by atoms with Crippen molar-refractivity contribution in [3.63, 3.8) is 0 Å². The molecule has 6 N–H and O–H groups in total. The molecular weight excluding hydrogens is 282 g/mol. The summed E-state index contributed by atoms with van der Waals surface area (Å²) in [5, 5.41) is 30.0. The fraction of sp³-hybridized carbons (Fsp3) is 0.333. The van der Waals surface area contributed by atoms with E-state index in [0.29, 0.717) is 5.52 Å². The highest BCUT2D eigenvalue weighted by Crippen LogP contribution is 2.31. The lowest BCUT2D eigenvalue weighted by Crippen LogP contribution is -2.56. The van der Waals surface area contributed by atoms with Gasteiger partial charge < -0.3 is 26.4 Å². The van der Waals surface area contributed by atoms with E-state index in [4.69, 9.17) is 5.73 Å². The van der Waals surface area contributed by atoms with E-state index in [2.05, 4.69) is 10.3 Å². The van der Waals surface area contributed by atoms with Crippen molar-refractivity contribution in [2.24, 2.45) is 0 Å². The summed E-state index contributed by atoms with van der Waals surface area (Å²) in [7, 11) is 0. The second kappa shape index (κ2) is 5.71. The zero-order chi connectivity index (χ0) is 14.8. The average molecular weight is 297 g/mol. The van der Waals surface area contributed by atoms with Crippen LogP contribution >= 0.6 is 11.3 Å². The predicted octanol–water partition coefficient (Wildman–Crippen LogP) is -0.676. The van der Waals surface area contributed by atoms with Crippen LogP contribution in [0.5, 0.6) is 0 Å². The van der Waals surface area contributed by atoms with Gasteiger partial charge >= 0.3 is 0 Å². The summed E-state index contributed by atoms with van der Waals surface area (Å²) in [6.07, 6.45) is 1.58. The molecule has 0 atom stereocenters. The lowest BCUT2D eigenvalue weighted by molar-refractivity contribution is 0.0377. The Balaban J connectivity index is 2.34. The Morgan fingerprint density at radius 1 is 1.35 bits per heavy atom. The second-order valence-electron chi connectivity index (χ2n) is 4.40. The average Bonchev–Trinajstić information content (AvgIpc) is 2.83. The van der Waals surface area contributed by atoms with Crippen LogP contribution in [0.25, 0.3) is 10.2 Å². The van der Waals surface area contributed by atoms with Gasteiger partial charge in [-0.1, -0.05) is 0 Å². The molecular formula is C12H15N3O4S. The summed E-state index contributed by atoms with van der Waals surface area (Å²) in [6.45, 7) is -1.77. The molecule has 0 aliphatic carbocycles. The van der Waals surface area contributed by atoms with Crippen LogP contribution < -0.4 is 11.1 Å². The number of nitrogen functional groups attached to an aromatic ring is 1. The zero-order valence-electron chi connectivity index (χ0n) is 10.5. The molecule has 0 spiro atoms. The lowest BCUT2D eigenvalue weighted by atomic mass is 10.0. The van der Waals surface area contributed by atoms with E-state index in [1.165, 1.54) is 0 Å². The quantitative estimate of drug-likeness (QED) is 0.497. The molecule has 0 bridgehead atoms. The number of aliphatic hydroxyl groups is 3. The van der Waals surface area contributed by atoms with E-state index in [9.17, 15) is 20.1 Å². The van der Waals surface area contributed by atoms with Gasteiger partial charge in [0.25, 0.3) is 5.91 Å². The van der Waals surface area contributed by atoms with Crippen molar-refractivity contribution in [1.29, 1.82) is 0 Å². The van der Waals surface area contributed by atoms with Gasteiger partial charge in [0.15, 0.2) is 0 Å². The van der Waals surface area contributed by atoms with Crippen LogP contribution in [0.1, 0.15) is 9.67 Å². The maximum absolute atomic E-state index is 12.2. The number of amides is 1. The number of aromatic nitrogens is 1. The van der Waals surface area contributed by atoms with Gasteiger partial charge in [-0.15, -0.1) is 11.3 Å². The third kappa shape index (κ3) is 2.46. The van der Waals surface area contributed by atoms with E-state index in [-0.39, 0.29) is 10.6 Å². The summed E-state index contributed by atoms with van der Waals surface area (Å²) >= 11 is 1.16. The number of rotatable bonds is 5. The van der Waals surface area contributed by atoms with Gasteiger partial charge in [-0.25, -0.2) is 0 Å². The third-order valence-electron chi connectivity index (χ3n) is 2.98. The number of fused-ring (bicyclic) bond motifs is 1. The Bertz CT molecular complexity index is 616. The molecule has 0 saturated carbocycles. The van der Waals surface area contributed by atoms with Crippen molar-refractivity contribution in [3.8, 4) is 0 Å². The highest BCUT2D eigenvalue weighted by atomic mass is 32.1. The minimum absolute atomic E-state index is 0.235. The lowest BCUT2D eigenvalue weighted by Gasteiger charge is -2.28. The molecule has 0 aliphatic rings. The van der Waals surface area contributed by atoms with Gasteiger partial charge in [0.2, 0.25) is 0 Å².